The summed E-state index contributed by atoms with van der Waals surface area (Å²) in [7, 11) is 7.22. The summed E-state index contributed by atoms with van der Waals surface area (Å²) in [6.45, 7) is 2.40. The SMILES string of the molecule is CC(Cn1cncn1)NC(=O)Nc1cc2c(cc1N(C)C)n(C)c(=O)n2C. The van der Waals surface area contributed by atoms with E-state index < -0.39 is 0 Å². The zero-order chi connectivity index (χ0) is 19.7. The molecule has 0 aliphatic heterocycles. The highest BCUT2D eigenvalue weighted by Gasteiger charge is 2.16. The lowest BCUT2D eigenvalue weighted by molar-refractivity contribution is 0.247. The molecular formula is C17H24N8O2. The monoisotopic (exact) mass is 372 g/mol. The van der Waals surface area contributed by atoms with Crippen molar-refractivity contribution in [2.45, 2.75) is 19.5 Å². The van der Waals surface area contributed by atoms with Crippen molar-refractivity contribution in [2.75, 3.05) is 24.3 Å². The highest BCUT2D eigenvalue weighted by Crippen LogP contribution is 2.29. The van der Waals surface area contributed by atoms with E-state index in [1.807, 2.05) is 38.1 Å². The van der Waals surface area contributed by atoms with Crippen LogP contribution in [0.5, 0.6) is 0 Å². The number of hydrogen-bond acceptors (Lipinski definition) is 5. The number of nitrogens with one attached hydrogen (secondary N) is 2. The standard InChI is InChI=1S/C17H24N8O2/c1-11(8-25-10-18-9-19-25)20-16(26)21-12-6-14-15(7-13(12)22(2)3)24(5)17(27)23(14)4/h6-7,9-11H,8H2,1-5H3,(H2,20,21,26). The van der Waals surface area contributed by atoms with E-state index in [2.05, 4.69) is 20.7 Å². The molecule has 3 rings (SSSR count). The summed E-state index contributed by atoms with van der Waals surface area (Å²) in [5.74, 6) is 0. The second kappa shape index (κ2) is 7.14. The summed E-state index contributed by atoms with van der Waals surface area (Å²) in [6, 6.07) is 3.24. The Morgan fingerprint density at radius 3 is 2.48 bits per heavy atom. The molecule has 10 nitrogen and oxygen atoms in total. The second-order valence-electron chi connectivity index (χ2n) is 6.77. The summed E-state index contributed by atoms with van der Waals surface area (Å²) in [6.07, 6.45) is 3.06. The van der Waals surface area contributed by atoms with Gasteiger partial charge in [-0.1, -0.05) is 0 Å². The molecule has 2 aromatic heterocycles. The van der Waals surface area contributed by atoms with E-state index >= 15 is 0 Å². The fourth-order valence-electron chi connectivity index (χ4n) is 3.04. The van der Waals surface area contributed by atoms with Crippen LogP contribution >= 0.6 is 0 Å². The predicted molar refractivity (Wildman–Crippen MR) is 104 cm³/mol. The first kappa shape index (κ1) is 18.5. The molecule has 2 N–H and O–H groups in total. The maximum atomic E-state index is 12.5. The molecule has 10 heteroatoms. The minimum Gasteiger partial charge on any atom is -0.376 e. The number of hydrogen-bond donors (Lipinski definition) is 2. The first-order valence-corrected chi connectivity index (χ1v) is 8.54. The zero-order valence-electron chi connectivity index (χ0n) is 16.1. The number of urea groups is 1. The number of aryl methyl sites for hydroxylation is 2. The van der Waals surface area contributed by atoms with Gasteiger partial charge in [-0.05, 0) is 19.1 Å². The van der Waals surface area contributed by atoms with Crippen LogP contribution in [0.15, 0.2) is 29.6 Å². The minimum atomic E-state index is -0.328. The number of benzene rings is 1. The third-order valence-corrected chi connectivity index (χ3v) is 4.42. The number of carbonyl (C=O) groups excluding carboxylic acids is 1. The fourth-order valence-corrected chi connectivity index (χ4v) is 3.04. The maximum absolute atomic E-state index is 12.5. The van der Waals surface area contributed by atoms with Crippen LogP contribution in [-0.2, 0) is 20.6 Å². The number of aromatic nitrogens is 5. The quantitative estimate of drug-likeness (QED) is 0.688. The van der Waals surface area contributed by atoms with E-state index in [0.717, 1.165) is 16.7 Å². The predicted octanol–water partition coefficient (Wildman–Crippen LogP) is 0.745. The van der Waals surface area contributed by atoms with Crippen molar-refractivity contribution in [2.24, 2.45) is 14.1 Å². The van der Waals surface area contributed by atoms with E-state index in [1.54, 1.807) is 34.2 Å². The van der Waals surface area contributed by atoms with Crippen molar-refractivity contribution in [1.82, 2.24) is 29.2 Å². The summed E-state index contributed by atoms with van der Waals surface area (Å²) >= 11 is 0. The van der Waals surface area contributed by atoms with Crippen LogP contribution in [0.3, 0.4) is 0 Å². The smallest absolute Gasteiger partial charge is 0.328 e. The van der Waals surface area contributed by atoms with Crippen molar-refractivity contribution < 1.29 is 4.79 Å². The number of carbonyl (C=O) groups is 1. The summed E-state index contributed by atoms with van der Waals surface area (Å²) in [5, 5.41) is 9.80. The largest absolute Gasteiger partial charge is 0.376 e. The molecule has 0 aliphatic rings. The summed E-state index contributed by atoms with van der Waals surface area (Å²) in [5.41, 5.74) is 2.87. The van der Waals surface area contributed by atoms with Gasteiger partial charge in [0.15, 0.2) is 0 Å². The van der Waals surface area contributed by atoms with E-state index in [0.29, 0.717) is 12.2 Å². The molecule has 1 aromatic carbocycles. The van der Waals surface area contributed by atoms with Gasteiger partial charge in [0.25, 0.3) is 0 Å². The highest BCUT2D eigenvalue weighted by molar-refractivity contribution is 5.97. The number of amides is 2. The van der Waals surface area contributed by atoms with Gasteiger partial charge < -0.3 is 15.5 Å². The van der Waals surface area contributed by atoms with Crippen molar-refractivity contribution in [3.63, 3.8) is 0 Å². The molecule has 0 fully saturated rings. The van der Waals surface area contributed by atoms with Gasteiger partial charge in [0, 0.05) is 34.2 Å². The molecule has 2 heterocycles. The highest BCUT2D eigenvalue weighted by atomic mass is 16.2. The maximum Gasteiger partial charge on any atom is 0.328 e. The van der Waals surface area contributed by atoms with Crippen molar-refractivity contribution in [3.05, 3.63) is 35.3 Å². The van der Waals surface area contributed by atoms with Crippen LogP contribution in [-0.4, -0.2) is 50.1 Å². The van der Waals surface area contributed by atoms with E-state index in [-0.39, 0.29) is 17.8 Å². The van der Waals surface area contributed by atoms with Gasteiger partial charge in [0.2, 0.25) is 0 Å². The molecule has 0 radical (unpaired) electrons. The Balaban J connectivity index is 1.84. The molecule has 1 atom stereocenters. The minimum absolute atomic E-state index is 0.113. The van der Waals surface area contributed by atoms with Crippen LogP contribution < -0.4 is 21.2 Å². The molecule has 1 unspecified atom stereocenters. The Kier molecular flexibility index (Phi) is 4.89. The van der Waals surface area contributed by atoms with Crippen molar-refractivity contribution >= 4 is 28.4 Å². The van der Waals surface area contributed by atoms with Crippen LogP contribution in [0.4, 0.5) is 16.2 Å². The third-order valence-electron chi connectivity index (χ3n) is 4.42. The van der Waals surface area contributed by atoms with Gasteiger partial charge in [-0.25, -0.2) is 14.6 Å². The lowest BCUT2D eigenvalue weighted by atomic mass is 10.2. The Morgan fingerprint density at radius 1 is 1.22 bits per heavy atom. The Bertz CT molecular complexity index is 1020. The van der Waals surface area contributed by atoms with Crippen molar-refractivity contribution in [1.29, 1.82) is 0 Å². The third kappa shape index (κ3) is 3.64. The normalized spacial score (nSPS) is 12.2. The van der Waals surface area contributed by atoms with Gasteiger partial charge in [-0.15, -0.1) is 0 Å². The lowest BCUT2D eigenvalue weighted by Gasteiger charge is -2.20. The van der Waals surface area contributed by atoms with Gasteiger partial charge in [-0.2, -0.15) is 5.10 Å². The average Bonchev–Trinajstić information content (AvgIpc) is 3.17. The Morgan fingerprint density at radius 2 is 1.89 bits per heavy atom. The number of imidazole rings is 1. The van der Waals surface area contributed by atoms with Gasteiger partial charge in [0.05, 0.1) is 29.0 Å². The molecule has 0 spiro atoms. The average molecular weight is 372 g/mol. The summed E-state index contributed by atoms with van der Waals surface area (Å²) in [4.78, 5) is 30.4. The molecule has 27 heavy (non-hydrogen) atoms. The fraction of sp³-hybridized carbons (Fsp3) is 0.412. The molecule has 2 amide bonds. The number of nitrogens with zero attached hydrogens (tertiary/aromatic N) is 6. The second-order valence-corrected chi connectivity index (χ2v) is 6.77. The van der Waals surface area contributed by atoms with Crippen molar-refractivity contribution in [3.8, 4) is 0 Å². The topological polar surface area (TPSA) is 102 Å². The molecule has 3 aromatic rings. The Hall–Kier alpha value is -3.30. The molecule has 0 saturated carbocycles. The first-order valence-electron chi connectivity index (χ1n) is 8.54. The van der Waals surface area contributed by atoms with E-state index in [9.17, 15) is 9.59 Å². The van der Waals surface area contributed by atoms with Crippen LogP contribution in [0.2, 0.25) is 0 Å². The van der Waals surface area contributed by atoms with Crippen LogP contribution in [0.25, 0.3) is 11.0 Å². The number of rotatable bonds is 5. The lowest BCUT2D eigenvalue weighted by Crippen LogP contribution is -2.38. The molecule has 0 aliphatic carbocycles. The molecule has 0 saturated heterocycles. The zero-order valence-corrected chi connectivity index (χ0v) is 16.1. The van der Waals surface area contributed by atoms with E-state index in [4.69, 9.17) is 0 Å². The Labute approximate surface area is 156 Å². The van der Waals surface area contributed by atoms with Gasteiger partial charge >= 0.3 is 11.7 Å². The molecule has 0 bridgehead atoms. The number of anilines is 2. The van der Waals surface area contributed by atoms with Gasteiger partial charge in [0.1, 0.15) is 12.7 Å². The molecule has 144 valence electrons. The van der Waals surface area contributed by atoms with Crippen LogP contribution in [0.1, 0.15) is 6.92 Å². The van der Waals surface area contributed by atoms with Crippen LogP contribution in [0, 0.1) is 0 Å². The molecular weight excluding hydrogens is 348 g/mol. The summed E-state index contributed by atoms with van der Waals surface area (Å²) < 4.78 is 4.81. The van der Waals surface area contributed by atoms with E-state index in [1.165, 1.54) is 6.33 Å². The first-order chi connectivity index (χ1) is 12.8. The number of fused-ring (bicyclic) bond motifs is 1. The van der Waals surface area contributed by atoms with Gasteiger partial charge in [-0.3, -0.25) is 13.8 Å².